The number of ether oxygens (including phenoxy) is 2. The fourth-order valence-corrected chi connectivity index (χ4v) is 2.57. The third kappa shape index (κ3) is 2.56. The van der Waals surface area contributed by atoms with Crippen molar-refractivity contribution in [2.24, 2.45) is 11.5 Å². The molecule has 3 rings (SSSR count). The molecule has 2 aromatic rings. The third-order valence-electron chi connectivity index (χ3n) is 3.53. The van der Waals surface area contributed by atoms with Crippen LogP contribution in [0, 0.1) is 0 Å². The number of benzene rings is 2. The molecule has 0 unspecified atom stereocenters. The van der Waals surface area contributed by atoms with Crippen molar-refractivity contribution < 1.29 is 14.3 Å². The largest absolute Gasteiger partial charge is 0.492 e. The van der Waals surface area contributed by atoms with Gasteiger partial charge in [-0.15, -0.1) is 0 Å². The number of ketones is 1. The SMILES string of the molecule is NCCOc1ccc2c(c1)C(=O)c1ccc(OCCN)cc1-2. The summed E-state index contributed by atoms with van der Waals surface area (Å²) >= 11 is 0. The molecular weight excluding hydrogens is 280 g/mol. The molecule has 0 saturated heterocycles. The van der Waals surface area contributed by atoms with Crippen LogP contribution in [0.15, 0.2) is 36.4 Å². The highest BCUT2D eigenvalue weighted by Crippen LogP contribution is 2.40. The summed E-state index contributed by atoms with van der Waals surface area (Å²) in [6, 6.07) is 11.0. The maximum Gasteiger partial charge on any atom is 0.194 e. The standard InChI is InChI=1S/C17H18N2O3/c18-5-7-21-11-2-4-14-15(9-11)13-3-1-12(22-8-6-19)10-16(13)17(14)20/h1-4,9-10H,5-8,18-19H2. The van der Waals surface area contributed by atoms with Crippen LogP contribution in [-0.4, -0.2) is 32.1 Å². The van der Waals surface area contributed by atoms with Gasteiger partial charge in [-0.1, -0.05) is 0 Å². The Morgan fingerprint density at radius 3 is 1.86 bits per heavy atom. The minimum atomic E-state index is 0.00794. The van der Waals surface area contributed by atoms with Gasteiger partial charge in [-0.2, -0.15) is 0 Å². The number of hydrogen-bond donors (Lipinski definition) is 2. The van der Waals surface area contributed by atoms with E-state index in [-0.39, 0.29) is 5.78 Å². The van der Waals surface area contributed by atoms with Gasteiger partial charge in [0.05, 0.1) is 0 Å². The molecule has 0 bridgehead atoms. The molecule has 4 N–H and O–H groups in total. The number of carbonyl (C=O) groups is 1. The molecule has 0 aromatic heterocycles. The van der Waals surface area contributed by atoms with Crippen LogP contribution in [0.1, 0.15) is 15.9 Å². The van der Waals surface area contributed by atoms with Crippen molar-refractivity contribution in [1.29, 1.82) is 0 Å². The zero-order valence-corrected chi connectivity index (χ0v) is 12.2. The highest BCUT2D eigenvalue weighted by atomic mass is 16.5. The summed E-state index contributed by atoms with van der Waals surface area (Å²) in [5.41, 5.74) is 14.0. The average Bonchev–Trinajstić information content (AvgIpc) is 2.83. The fraction of sp³-hybridized carbons (Fsp3) is 0.235. The third-order valence-corrected chi connectivity index (χ3v) is 3.53. The summed E-state index contributed by atoms with van der Waals surface area (Å²) in [4.78, 5) is 12.5. The fourth-order valence-electron chi connectivity index (χ4n) is 2.57. The molecule has 114 valence electrons. The first-order chi connectivity index (χ1) is 10.7. The Balaban J connectivity index is 1.95. The van der Waals surface area contributed by atoms with Crippen LogP contribution < -0.4 is 20.9 Å². The Kier molecular flexibility index (Phi) is 4.09. The van der Waals surface area contributed by atoms with E-state index in [1.165, 1.54) is 0 Å². The summed E-state index contributed by atoms with van der Waals surface area (Å²) in [6.45, 7) is 1.77. The molecular formula is C17H18N2O3. The van der Waals surface area contributed by atoms with Gasteiger partial charge in [0.15, 0.2) is 5.78 Å². The van der Waals surface area contributed by atoms with Gasteiger partial charge >= 0.3 is 0 Å². The second kappa shape index (κ2) is 6.17. The van der Waals surface area contributed by atoms with E-state index >= 15 is 0 Å². The van der Waals surface area contributed by atoms with Crippen LogP contribution in [0.5, 0.6) is 11.5 Å². The van der Waals surface area contributed by atoms with Crippen LogP contribution in [0.25, 0.3) is 11.1 Å². The van der Waals surface area contributed by atoms with Gasteiger partial charge < -0.3 is 20.9 Å². The molecule has 0 aliphatic heterocycles. The Morgan fingerprint density at radius 1 is 0.727 bits per heavy atom. The first-order valence-corrected chi connectivity index (χ1v) is 7.23. The lowest BCUT2D eigenvalue weighted by Gasteiger charge is -2.07. The normalized spacial score (nSPS) is 12.0. The molecule has 5 nitrogen and oxygen atoms in total. The Morgan fingerprint density at radius 2 is 1.27 bits per heavy atom. The second-order valence-electron chi connectivity index (χ2n) is 5.02. The topological polar surface area (TPSA) is 87.6 Å². The lowest BCUT2D eigenvalue weighted by Crippen LogP contribution is -2.10. The summed E-state index contributed by atoms with van der Waals surface area (Å²) < 4.78 is 11.0. The van der Waals surface area contributed by atoms with Crippen LogP contribution in [-0.2, 0) is 0 Å². The molecule has 5 heteroatoms. The van der Waals surface area contributed by atoms with Crippen LogP contribution >= 0.6 is 0 Å². The molecule has 0 saturated carbocycles. The number of fused-ring (bicyclic) bond motifs is 3. The number of hydrogen-bond acceptors (Lipinski definition) is 5. The van der Waals surface area contributed by atoms with Gasteiger partial charge in [-0.25, -0.2) is 0 Å². The van der Waals surface area contributed by atoms with E-state index in [0.717, 1.165) is 11.1 Å². The quantitative estimate of drug-likeness (QED) is 0.721. The smallest absolute Gasteiger partial charge is 0.194 e. The van der Waals surface area contributed by atoms with E-state index < -0.39 is 0 Å². The van der Waals surface area contributed by atoms with E-state index in [0.29, 0.717) is 48.9 Å². The maximum absolute atomic E-state index is 12.5. The van der Waals surface area contributed by atoms with Crippen molar-refractivity contribution in [3.63, 3.8) is 0 Å². The monoisotopic (exact) mass is 298 g/mol. The van der Waals surface area contributed by atoms with Gasteiger partial charge in [0.2, 0.25) is 0 Å². The molecule has 1 aliphatic carbocycles. The van der Waals surface area contributed by atoms with Gasteiger partial charge in [0.25, 0.3) is 0 Å². The van der Waals surface area contributed by atoms with Crippen LogP contribution in [0.3, 0.4) is 0 Å². The number of rotatable bonds is 6. The summed E-state index contributed by atoms with van der Waals surface area (Å²) in [6.07, 6.45) is 0. The summed E-state index contributed by atoms with van der Waals surface area (Å²) in [5, 5.41) is 0. The molecule has 1 aliphatic rings. The minimum absolute atomic E-state index is 0.00794. The Hall–Kier alpha value is -2.37. The summed E-state index contributed by atoms with van der Waals surface area (Å²) in [5.74, 6) is 1.38. The number of carbonyl (C=O) groups excluding carboxylic acids is 1. The minimum Gasteiger partial charge on any atom is -0.492 e. The zero-order chi connectivity index (χ0) is 15.5. The highest BCUT2D eigenvalue weighted by Gasteiger charge is 2.27. The van der Waals surface area contributed by atoms with E-state index in [9.17, 15) is 4.79 Å². The highest BCUT2D eigenvalue weighted by molar-refractivity contribution is 6.22. The molecule has 0 fully saturated rings. The van der Waals surface area contributed by atoms with Crippen molar-refractivity contribution in [2.75, 3.05) is 26.3 Å². The first kappa shape index (κ1) is 14.6. The van der Waals surface area contributed by atoms with Crippen molar-refractivity contribution in [3.05, 3.63) is 47.5 Å². The predicted octanol–water partition coefficient (Wildman–Crippen LogP) is 1.57. The predicted molar refractivity (Wildman–Crippen MR) is 84.4 cm³/mol. The van der Waals surface area contributed by atoms with Crippen molar-refractivity contribution >= 4 is 5.78 Å². The van der Waals surface area contributed by atoms with Crippen molar-refractivity contribution in [2.45, 2.75) is 0 Å². The van der Waals surface area contributed by atoms with Crippen molar-refractivity contribution in [1.82, 2.24) is 0 Å². The number of nitrogens with two attached hydrogens (primary N) is 2. The Bertz CT molecular complexity index is 713. The second-order valence-corrected chi connectivity index (χ2v) is 5.02. The van der Waals surface area contributed by atoms with Crippen LogP contribution in [0.2, 0.25) is 0 Å². The average molecular weight is 298 g/mol. The van der Waals surface area contributed by atoms with Gasteiger partial charge in [-0.05, 0) is 47.5 Å². The maximum atomic E-state index is 12.5. The zero-order valence-electron chi connectivity index (χ0n) is 12.2. The molecule has 0 atom stereocenters. The van der Waals surface area contributed by atoms with Crippen LogP contribution in [0.4, 0.5) is 0 Å². The van der Waals surface area contributed by atoms with Crippen molar-refractivity contribution in [3.8, 4) is 22.6 Å². The lowest BCUT2D eigenvalue weighted by molar-refractivity contribution is 0.104. The first-order valence-electron chi connectivity index (χ1n) is 7.23. The van der Waals surface area contributed by atoms with E-state index in [4.69, 9.17) is 20.9 Å². The molecule has 0 heterocycles. The molecule has 0 spiro atoms. The van der Waals surface area contributed by atoms with E-state index in [1.54, 1.807) is 18.2 Å². The Labute approximate surface area is 128 Å². The molecule has 0 amide bonds. The van der Waals surface area contributed by atoms with Gasteiger partial charge in [0.1, 0.15) is 24.7 Å². The van der Waals surface area contributed by atoms with E-state index in [1.807, 2.05) is 18.2 Å². The lowest BCUT2D eigenvalue weighted by atomic mass is 10.1. The van der Waals surface area contributed by atoms with Gasteiger partial charge in [-0.3, -0.25) is 4.79 Å². The van der Waals surface area contributed by atoms with Gasteiger partial charge in [0, 0.05) is 24.2 Å². The molecule has 22 heavy (non-hydrogen) atoms. The molecule has 0 radical (unpaired) electrons. The summed E-state index contributed by atoms with van der Waals surface area (Å²) in [7, 11) is 0. The molecule has 2 aromatic carbocycles. The van der Waals surface area contributed by atoms with E-state index in [2.05, 4.69) is 0 Å².